The third kappa shape index (κ3) is 13.3. The minimum Gasteiger partial charge on any atom is -0.460 e. The van der Waals surface area contributed by atoms with Crippen LogP contribution in [0.15, 0.2) is 34.0 Å². The van der Waals surface area contributed by atoms with Crippen molar-refractivity contribution in [3.05, 3.63) is 48.4 Å². The number of ether oxygens (including phenoxy) is 2. The number of amides is 2. The van der Waals surface area contributed by atoms with Crippen molar-refractivity contribution in [1.82, 2.24) is 19.8 Å². The third-order valence-corrected chi connectivity index (χ3v) is 5.49. The number of oxazole rings is 2. The highest BCUT2D eigenvalue weighted by atomic mass is 16.6. The van der Waals surface area contributed by atoms with Crippen LogP contribution in [-0.4, -0.2) is 89.2 Å². The minimum atomic E-state index is -0.606. The Kier molecular flexibility index (Phi) is 14.2. The fourth-order valence-electron chi connectivity index (χ4n) is 3.63. The summed E-state index contributed by atoms with van der Waals surface area (Å²) in [6.07, 6.45) is 5.57. The van der Waals surface area contributed by atoms with E-state index in [0.29, 0.717) is 18.6 Å². The molecule has 0 unspecified atom stereocenters. The van der Waals surface area contributed by atoms with Crippen molar-refractivity contribution < 1.29 is 42.3 Å². The first-order valence-electron chi connectivity index (χ1n) is 14.1. The Hall–Kier alpha value is -4.29. The molecule has 13 nitrogen and oxygen atoms in total. The maximum absolute atomic E-state index is 12.0. The number of carbonyl (C=O) groups excluding carboxylic acids is 5. The summed E-state index contributed by atoms with van der Waals surface area (Å²) in [6, 6.07) is 0. The Bertz CT molecular complexity index is 1180. The van der Waals surface area contributed by atoms with Gasteiger partial charge < -0.3 is 32.9 Å². The average Bonchev–Trinajstić information content (AvgIpc) is 3.56. The normalized spacial score (nSPS) is 12.6. The topological polar surface area (TPSA) is 162 Å². The van der Waals surface area contributed by atoms with Crippen LogP contribution in [0.5, 0.6) is 0 Å². The van der Waals surface area contributed by atoms with Gasteiger partial charge in [0.2, 0.25) is 0 Å². The zero-order chi connectivity index (χ0) is 33.8. The number of esters is 2. The number of hydrogen-bond acceptors (Lipinski definition) is 11. The van der Waals surface area contributed by atoms with E-state index in [9.17, 15) is 24.0 Å². The van der Waals surface area contributed by atoms with E-state index in [-0.39, 0.29) is 60.2 Å². The fourth-order valence-corrected chi connectivity index (χ4v) is 3.63. The summed E-state index contributed by atoms with van der Waals surface area (Å²) in [7, 11) is 6.47. The Labute approximate surface area is 259 Å². The second-order valence-corrected chi connectivity index (χ2v) is 12.4. The van der Waals surface area contributed by atoms with Crippen molar-refractivity contribution in [3.8, 4) is 0 Å². The molecule has 0 aliphatic rings. The van der Waals surface area contributed by atoms with Gasteiger partial charge in [0.25, 0.3) is 11.8 Å². The summed E-state index contributed by atoms with van der Waals surface area (Å²) < 4.78 is 21.2. The molecule has 13 heteroatoms. The highest BCUT2D eigenvalue weighted by Gasteiger charge is 2.27. The minimum absolute atomic E-state index is 0.0356. The molecule has 0 saturated heterocycles. The zero-order valence-electron chi connectivity index (χ0n) is 27.5. The molecule has 2 rings (SSSR count). The van der Waals surface area contributed by atoms with Gasteiger partial charge in [-0.25, -0.2) is 9.97 Å². The molecule has 0 bridgehead atoms. The third-order valence-electron chi connectivity index (χ3n) is 5.49. The molecule has 0 aliphatic carbocycles. The molecular weight excluding hydrogens is 572 g/mol. The second kappa shape index (κ2) is 16.5. The summed E-state index contributed by atoms with van der Waals surface area (Å²) in [6.45, 7) is 14.4. The van der Waals surface area contributed by atoms with Crippen LogP contribution >= 0.6 is 0 Å². The van der Waals surface area contributed by atoms with Crippen molar-refractivity contribution in [1.29, 1.82) is 0 Å². The van der Waals surface area contributed by atoms with Crippen molar-refractivity contribution in [3.63, 3.8) is 0 Å². The smallest absolute Gasteiger partial charge is 0.307 e. The van der Waals surface area contributed by atoms with Crippen molar-refractivity contribution in [2.75, 3.05) is 28.2 Å². The predicted molar refractivity (Wildman–Crippen MR) is 161 cm³/mol. The van der Waals surface area contributed by atoms with Gasteiger partial charge in [-0.2, -0.15) is 0 Å². The van der Waals surface area contributed by atoms with Crippen molar-refractivity contribution in [2.45, 2.75) is 90.3 Å². The van der Waals surface area contributed by atoms with E-state index in [0.717, 1.165) is 0 Å². The van der Waals surface area contributed by atoms with Gasteiger partial charge in [-0.15, -0.1) is 6.58 Å². The Morgan fingerprint density at radius 1 is 0.773 bits per heavy atom. The number of aldehydes is 1. The molecule has 0 aliphatic heterocycles. The molecule has 0 fully saturated rings. The summed E-state index contributed by atoms with van der Waals surface area (Å²) >= 11 is 0. The quantitative estimate of drug-likeness (QED) is 0.186. The fraction of sp³-hybridized carbons (Fsp3) is 0.581. The molecular formula is C31H46N4O9. The highest BCUT2D eigenvalue weighted by molar-refractivity contribution is 5.92. The van der Waals surface area contributed by atoms with Crippen LogP contribution < -0.4 is 0 Å². The lowest BCUT2D eigenvalue weighted by molar-refractivity contribution is -0.156. The Morgan fingerprint density at radius 3 is 1.43 bits per heavy atom. The lowest BCUT2D eigenvalue weighted by Gasteiger charge is -2.21. The molecule has 2 aromatic rings. The van der Waals surface area contributed by atoms with Crippen LogP contribution in [0.25, 0.3) is 0 Å². The number of aromatic nitrogens is 2. The van der Waals surface area contributed by atoms with E-state index in [1.54, 1.807) is 55.0 Å². The van der Waals surface area contributed by atoms with Gasteiger partial charge in [0.05, 0.1) is 18.8 Å². The molecule has 0 saturated carbocycles. The summed E-state index contributed by atoms with van der Waals surface area (Å²) in [5.41, 5.74) is -0.789. The molecule has 0 radical (unpaired) electrons. The van der Waals surface area contributed by atoms with Crippen molar-refractivity contribution >= 4 is 30.0 Å². The maximum atomic E-state index is 12.0. The molecule has 244 valence electrons. The molecule has 44 heavy (non-hydrogen) atoms. The molecule has 2 heterocycles. The zero-order valence-corrected chi connectivity index (χ0v) is 27.5. The maximum Gasteiger partial charge on any atom is 0.307 e. The van der Waals surface area contributed by atoms with Gasteiger partial charge in [0.15, 0.2) is 23.2 Å². The first-order chi connectivity index (χ1) is 20.3. The van der Waals surface area contributed by atoms with E-state index in [2.05, 4.69) is 16.5 Å². The highest BCUT2D eigenvalue weighted by Crippen LogP contribution is 2.26. The summed E-state index contributed by atoms with van der Waals surface area (Å²) in [5.74, 6) is -1.65. The van der Waals surface area contributed by atoms with Crippen LogP contribution in [-0.2, 0) is 23.9 Å². The molecule has 2 amide bonds. The van der Waals surface area contributed by atoms with E-state index < -0.39 is 23.1 Å². The number of hydrogen-bond donors (Lipinski definition) is 0. The first-order valence-corrected chi connectivity index (χ1v) is 14.1. The monoisotopic (exact) mass is 618 g/mol. The largest absolute Gasteiger partial charge is 0.460 e. The number of nitrogens with zero attached hydrogens (tertiary/aromatic N) is 4. The second-order valence-electron chi connectivity index (χ2n) is 12.4. The standard InChI is InChI=1S/C16H24N2O4.C15H22N2O5/c1-7-8-11(9-13(19)22-16(2,3)4)14-17-12(10-21-14)15(20)18(5)6;1-15(2,3)22-12(19)8-10(6-7-18)13-16-11(9-21-13)14(20)17(4)5/h7,10-11H,1,8-9H2,2-6H3;7,9-10H,6,8H2,1-5H3/t11-;10-/m11/s1. The van der Waals surface area contributed by atoms with E-state index in [1.807, 2.05) is 20.8 Å². The van der Waals surface area contributed by atoms with Crippen molar-refractivity contribution in [2.24, 2.45) is 0 Å². The molecule has 2 atom stereocenters. The average molecular weight is 619 g/mol. The van der Waals surface area contributed by atoms with Gasteiger partial charge in [-0.05, 0) is 48.0 Å². The number of allylic oxidation sites excluding steroid dienone is 1. The Balaban J connectivity index is 0.000000440. The number of rotatable bonds is 12. The van der Waals surface area contributed by atoms with E-state index >= 15 is 0 Å². The lowest BCUT2D eigenvalue weighted by Crippen LogP contribution is -2.25. The molecule has 0 spiro atoms. The van der Waals surface area contributed by atoms with Crippen LogP contribution in [0.4, 0.5) is 0 Å². The van der Waals surface area contributed by atoms with Crippen LogP contribution in [0, 0.1) is 0 Å². The van der Waals surface area contributed by atoms with Gasteiger partial charge in [0, 0.05) is 40.5 Å². The van der Waals surface area contributed by atoms with Gasteiger partial charge >= 0.3 is 11.9 Å². The van der Waals surface area contributed by atoms with Crippen LogP contribution in [0.2, 0.25) is 0 Å². The van der Waals surface area contributed by atoms with E-state index in [1.165, 1.54) is 22.3 Å². The SMILES string of the molecule is C=CC[C@H](CC(=O)OC(C)(C)C)c1nc(C(=O)N(C)C)co1.CN(C)C(=O)c1coc([C@H](CC=O)CC(=O)OC(C)(C)C)n1. The predicted octanol–water partition coefficient (Wildman–Crippen LogP) is 4.55. The van der Waals surface area contributed by atoms with Gasteiger partial charge in [-0.3, -0.25) is 19.2 Å². The van der Waals surface area contributed by atoms with Gasteiger partial charge in [0.1, 0.15) is 30.0 Å². The van der Waals surface area contributed by atoms with E-state index in [4.69, 9.17) is 18.3 Å². The van der Waals surface area contributed by atoms with Crippen LogP contribution in [0.3, 0.4) is 0 Å². The lowest BCUT2D eigenvalue weighted by atomic mass is 10.0. The Morgan fingerprint density at radius 2 is 1.14 bits per heavy atom. The first kappa shape index (κ1) is 37.7. The molecule has 0 aromatic carbocycles. The van der Waals surface area contributed by atoms with Crippen LogP contribution in [0.1, 0.15) is 112 Å². The molecule has 2 aromatic heterocycles. The van der Waals surface area contributed by atoms with Gasteiger partial charge in [-0.1, -0.05) is 6.08 Å². The summed E-state index contributed by atoms with van der Waals surface area (Å²) in [5, 5.41) is 0. The number of carbonyl (C=O) groups is 5. The summed E-state index contributed by atoms with van der Waals surface area (Å²) in [4.78, 5) is 69.3. The molecule has 0 N–H and O–H groups in total.